The summed E-state index contributed by atoms with van der Waals surface area (Å²) in [5, 5.41) is 6.38. The molecule has 1 aliphatic rings. The minimum Gasteiger partial charge on any atom is -0.382 e. The zero-order valence-corrected chi connectivity index (χ0v) is 12.7. The van der Waals surface area contributed by atoms with E-state index in [1.807, 2.05) is 0 Å². The summed E-state index contributed by atoms with van der Waals surface area (Å²) < 4.78 is 1.18. The predicted molar refractivity (Wildman–Crippen MR) is 86.8 cm³/mol. The molecule has 19 heavy (non-hydrogen) atoms. The third kappa shape index (κ3) is 2.94. The fraction of sp³-hybridized carbons (Fsp3) is 0.412. The molecule has 1 aliphatic carbocycles. The SMILES string of the molecule is Brc1ccc(NC2CCCCCC2)c2ccccc12. The average Bonchev–Trinajstić information content (AvgIpc) is 2.71. The largest absolute Gasteiger partial charge is 0.382 e. The summed E-state index contributed by atoms with van der Waals surface area (Å²) in [7, 11) is 0. The normalized spacial score (nSPS) is 17.3. The Balaban J connectivity index is 1.90. The Morgan fingerprint density at radius 1 is 0.842 bits per heavy atom. The van der Waals surface area contributed by atoms with E-state index in [2.05, 4.69) is 57.6 Å². The van der Waals surface area contributed by atoms with Crippen LogP contribution in [0.5, 0.6) is 0 Å². The molecule has 2 aromatic rings. The van der Waals surface area contributed by atoms with Crippen LogP contribution < -0.4 is 5.32 Å². The standard InChI is InChI=1S/C17H20BrN/c18-16-11-12-17(15-10-6-5-9-14(15)16)19-13-7-3-1-2-4-8-13/h5-6,9-13,19H,1-4,7-8H2. The van der Waals surface area contributed by atoms with Gasteiger partial charge in [0.1, 0.15) is 0 Å². The molecule has 0 heterocycles. The van der Waals surface area contributed by atoms with E-state index in [0.717, 1.165) is 0 Å². The molecule has 100 valence electrons. The monoisotopic (exact) mass is 317 g/mol. The van der Waals surface area contributed by atoms with Crippen LogP contribution in [-0.4, -0.2) is 6.04 Å². The summed E-state index contributed by atoms with van der Waals surface area (Å²) in [6.07, 6.45) is 8.16. The van der Waals surface area contributed by atoms with Crippen molar-refractivity contribution in [3.8, 4) is 0 Å². The van der Waals surface area contributed by atoms with Gasteiger partial charge in [0, 0.05) is 21.6 Å². The fourth-order valence-electron chi connectivity index (χ4n) is 3.03. The first-order valence-corrected chi connectivity index (χ1v) is 8.08. The van der Waals surface area contributed by atoms with Crippen LogP contribution in [-0.2, 0) is 0 Å². The molecule has 0 saturated heterocycles. The van der Waals surface area contributed by atoms with Crippen molar-refractivity contribution in [2.75, 3.05) is 5.32 Å². The second-order valence-corrected chi connectivity index (χ2v) is 6.33. The maximum absolute atomic E-state index is 3.77. The number of fused-ring (bicyclic) bond motifs is 1. The molecule has 1 fully saturated rings. The molecule has 2 aromatic carbocycles. The zero-order valence-electron chi connectivity index (χ0n) is 11.2. The smallest absolute Gasteiger partial charge is 0.0422 e. The van der Waals surface area contributed by atoms with Crippen LogP contribution in [0.2, 0.25) is 0 Å². The molecular formula is C17H20BrN. The third-order valence-corrected chi connectivity index (χ3v) is 4.78. The molecule has 0 atom stereocenters. The van der Waals surface area contributed by atoms with E-state index >= 15 is 0 Å². The Morgan fingerprint density at radius 3 is 2.26 bits per heavy atom. The van der Waals surface area contributed by atoms with Crippen LogP contribution in [0.1, 0.15) is 38.5 Å². The number of anilines is 1. The highest BCUT2D eigenvalue weighted by Crippen LogP contribution is 2.31. The van der Waals surface area contributed by atoms with Crippen LogP contribution in [0.15, 0.2) is 40.9 Å². The van der Waals surface area contributed by atoms with Crippen LogP contribution in [0.4, 0.5) is 5.69 Å². The molecule has 3 rings (SSSR count). The first kappa shape index (κ1) is 13.0. The second-order valence-electron chi connectivity index (χ2n) is 5.47. The first-order valence-electron chi connectivity index (χ1n) is 7.28. The van der Waals surface area contributed by atoms with E-state index in [4.69, 9.17) is 0 Å². The number of hydrogen-bond donors (Lipinski definition) is 1. The molecule has 1 N–H and O–H groups in total. The van der Waals surface area contributed by atoms with E-state index in [1.165, 1.54) is 59.5 Å². The molecule has 0 unspecified atom stereocenters. The Morgan fingerprint density at radius 2 is 1.53 bits per heavy atom. The number of nitrogens with one attached hydrogen (secondary N) is 1. The average molecular weight is 318 g/mol. The maximum atomic E-state index is 3.77. The van der Waals surface area contributed by atoms with Gasteiger partial charge < -0.3 is 5.32 Å². The Bertz CT molecular complexity index is 556. The first-order chi connectivity index (χ1) is 9.34. The quantitative estimate of drug-likeness (QED) is 0.697. The maximum Gasteiger partial charge on any atom is 0.0422 e. The van der Waals surface area contributed by atoms with Gasteiger partial charge in [-0.1, -0.05) is 65.9 Å². The summed E-state index contributed by atoms with van der Waals surface area (Å²) in [6.45, 7) is 0. The van der Waals surface area contributed by atoms with Crippen LogP contribution in [0.3, 0.4) is 0 Å². The van der Waals surface area contributed by atoms with Crippen molar-refractivity contribution in [2.24, 2.45) is 0 Å². The highest BCUT2D eigenvalue weighted by molar-refractivity contribution is 9.10. The van der Waals surface area contributed by atoms with Crippen molar-refractivity contribution in [3.05, 3.63) is 40.9 Å². The minimum atomic E-state index is 0.645. The van der Waals surface area contributed by atoms with Crippen LogP contribution in [0, 0.1) is 0 Å². The number of benzene rings is 2. The topological polar surface area (TPSA) is 12.0 Å². The van der Waals surface area contributed by atoms with Gasteiger partial charge >= 0.3 is 0 Å². The van der Waals surface area contributed by atoms with Crippen molar-refractivity contribution >= 4 is 32.4 Å². The molecule has 1 saturated carbocycles. The summed E-state index contributed by atoms with van der Waals surface area (Å²) in [4.78, 5) is 0. The van der Waals surface area contributed by atoms with Crippen LogP contribution >= 0.6 is 15.9 Å². The Kier molecular flexibility index (Phi) is 4.07. The lowest BCUT2D eigenvalue weighted by atomic mass is 10.1. The summed E-state index contributed by atoms with van der Waals surface area (Å²) >= 11 is 3.64. The van der Waals surface area contributed by atoms with E-state index < -0.39 is 0 Å². The lowest BCUT2D eigenvalue weighted by Crippen LogP contribution is -2.18. The lowest BCUT2D eigenvalue weighted by Gasteiger charge is -2.19. The summed E-state index contributed by atoms with van der Waals surface area (Å²) in [6, 6.07) is 13.6. The molecule has 0 bridgehead atoms. The van der Waals surface area contributed by atoms with Crippen molar-refractivity contribution in [1.82, 2.24) is 0 Å². The van der Waals surface area contributed by atoms with E-state index in [0.29, 0.717) is 6.04 Å². The van der Waals surface area contributed by atoms with E-state index in [9.17, 15) is 0 Å². The fourth-order valence-corrected chi connectivity index (χ4v) is 3.51. The van der Waals surface area contributed by atoms with Crippen molar-refractivity contribution in [3.63, 3.8) is 0 Å². The van der Waals surface area contributed by atoms with Crippen molar-refractivity contribution in [2.45, 2.75) is 44.6 Å². The van der Waals surface area contributed by atoms with Gasteiger partial charge in [0.15, 0.2) is 0 Å². The van der Waals surface area contributed by atoms with Crippen LogP contribution in [0.25, 0.3) is 10.8 Å². The number of hydrogen-bond acceptors (Lipinski definition) is 1. The highest BCUT2D eigenvalue weighted by Gasteiger charge is 2.13. The Hall–Kier alpha value is -1.02. The minimum absolute atomic E-state index is 0.645. The molecular weight excluding hydrogens is 298 g/mol. The molecule has 0 amide bonds. The molecule has 0 aromatic heterocycles. The number of halogens is 1. The van der Waals surface area contributed by atoms with Gasteiger partial charge in [0.25, 0.3) is 0 Å². The van der Waals surface area contributed by atoms with Gasteiger partial charge in [-0.25, -0.2) is 0 Å². The second kappa shape index (κ2) is 5.96. The highest BCUT2D eigenvalue weighted by atomic mass is 79.9. The predicted octanol–water partition coefficient (Wildman–Crippen LogP) is 5.74. The summed E-state index contributed by atoms with van der Waals surface area (Å²) in [5.74, 6) is 0. The van der Waals surface area contributed by atoms with Gasteiger partial charge in [0.05, 0.1) is 0 Å². The van der Waals surface area contributed by atoms with E-state index in [1.54, 1.807) is 0 Å². The Labute approximate surface area is 123 Å². The zero-order chi connectivity index (χ0) is 13.1. The van der Waals surface area contributed by atoms with Crippen molar-refractivity contribution in [1.29, 1.82) is 0 Å². The molecule has 0 radical (unpaired) electrons. The van der Waals surface area contributed by atoms with E-state index in [-0.39, 0.29) is 0 Å². The van der Waals surface area contributed by atoms with Gasteiger partial charge in [-0.3, -0.25) is 0 Å². The lowest BCUT2D eigenvalue weighted by molar-refractivity contribution is 0.620. The van der Waals surface area contributed by atoms with Gasteiger partial charge in [-0.05, 0) is 30.4 Å². The van der Waals surface area contributed by atoms with Crippen molar-refractivity contribution < 1.29 is 0 Å². The molecule has 0 aliphatic heterocycles. The molecule has 0 spiro atoms. The summed E-state index contributed by atoms with van der Waals surface area (Å²) in [5.41, 5.74) is 1.28. The van der Waals surface area contributed by atoms with Gasteiger partial charge in [0.2, 0.25) is 0 Å². The third-order valence-electron chi connectivity index (χ3n) is 4.09. The van der Waals surface area contributed by atoms with Gasteiger partial charge in [-0.15, -0.1) is 0 Å². The number of rotatable bonds is 2. The molecule has 2 heteroatoms. The molecule has 1 nitrogen and oxygen atoms in total. The van der Waals surface area contributed by atoms with Gasteiger partial charge in [-0.2, -0.15) is 0 Å².